The lowest BCUT2D eigenvalue weighted by molar-refractivity contribution is 0.413. The monoisotopic (exact) mass is 450 g/mol. The molecule has 0 radical (unpaired) electrons. The maximum absolute atomic E-state index is 13.9. The molecule has 2 aromatic heterocycles. The van der Waals surface area contributed by atoms with Gasteiger partial charge in [0.2, 0.25) is 5.95 Å². The summed E-state index contributed by atoms with van der Waals surface area (Å²) >= 11 is 0. The zero-order valence-electron chi connectivity index (χ0n) is 18.4. The van der Waals surface area contributed by atoms with E-state index in [2.05, 4.69) is 15.4 Å². The highest BCUT2D eigenvalue weighted by atomic mass is 19.2. The number of ether oxygens (including phenoxy) is 1. The van der Waals surface area contributed by atoms with E-state index >= 15 is 0 Å². The van der Waals surface area contributed by atoms with E-state index in [0.29, 0.717) is 17.3 Å². The number of hydrogen-bond donors (Lipinski definition) is 1. The van der Waals surface area contributed by atoms with Crippen molar-refractivity contribution >= 4 is 11.6 Å². The van der Waals surface area contributed by atoms with Crippen LogP contribution in [0.5, 0.6) is 5.75 Å². The molecule has 0 spiro atoms. The molecule has 0 bridgehead atoms. The highest BCUT2D eigenvalue weighted by Gasteiger charge is 2.25. The van der Waals surface area contributed by atoms with Gasteiger partial charge in [-0.05, 0) is 49.6 Å². The molecule has 170 valence electrons. The molecular weight excluding hydrogens is 426 g/mol. The van der Waals surface area contributed by atoms with Crippen molar-refractivity contribution in [1.82, 2.24) is 24.3 Å². The first-order valence-corrected chi connectivity index (χ1v) is 10.9. The van der Waals surface area contributed by atoms with E-state index in [9.17, 15) is 8.78 Å². The zero-order chi connectivity index (χ0) is 22.9. The Morgan fingerprint density at radius 2 is 1.97 bits per heavy atom. The molecule has 1 aliphatic heterocycles. The fourth-order valence-electron chi connectivity index (χ4n) is 4.26. The summed E-state index contributed by atoms with van der Waals surface area (Å²) in [5.41, 5.74) is 3.27. The number of hydrogen-bond acceptors (Lipinski definition) is 5. The van der Waals surface area contributed by atoms with Gasteiger partial charge in [0.05, 0.1) is 24.8 Å². The van der Waals surface area contributed by atoms with Crippen molar-refractivity contribution in [2.75, 3.05) is 12.4 Å². The number of aromatic nitrogens is 5. The summed E-state index contributed by atoms with van der Waals surface area (Å²) in [7, 11) is 1.62. The third-order valence-corrected chi connectivity index (χ3v) is 5.90. The summed E-state index contributed by atoms with van der Waals surface area (Å²) in [5.74, 6) is 0.0389. The third-order valence-electron chi connectivity index (χ3n) is 5.90. The molecule has 0 unspecified atom stereocenters. The van der Waals surface area contributed by atoms with Crippen LogP contribution in [0, 0.1) is 18.6 Å². The van der Waals surface area contributed by atoms with Crippen LogP contribution in [0.1, 0.15) is 42.3 Å². The van der Waals surface area contributed by atoms with E-state index in [4.69, 9.17) is 9.72 Å². The van der Waals surface area contributed by atoms with Crippen LogP contribution >= 0.6 is 0 Å². The van der Waals surface area contributed by atoms with E-state index in [1.165, 1.54) is 12.1 Å². The molecule has 1 atom stereocenters. The number of imidazole rings is 1. The van der Waals surface area contributed by atoms with Gasteiger partial charge < -0.3 is 14.6 Å². The van der Waals surface area contributed by atoms with E-state index in [0.717, 1.165) is 48.7 Å². The van der Waals surface area contributed by atoms with Crippen molar-refractivity contribution in [2.45, 2.75) is 38.6 Å². The molecule has 9 heteroatoms. The minimum atomic E-state index is -0.848. The van der Waals surface area contributed by atoms with Crippen molar-refractivity contribution in [2.24, 2.45) is 0 Å². The average Bonchev–Trinajstić information content (AvgIpc) is 3.36. The molecule has 1 N–H and O–H groups in total. The normalized spacial score (nSPS) is 15.7. The molecule has 4 aromatic rings. The summed E-state index contributed by atoms with van der Waals surface area (Å²) in [5, 5.41) is 7.88. The van der Waals surface area contributed by atoms with Gasteiger partial charge in [0.1, 0.15) is 11.6 Å². The molecule has 0 saturated heterocycles. The van der Waals surface area contributed by atoms with Crippen molar-refractivity contribution in [3.63, 3.8) is 0 Å². The summed E-state index contributed by atoms with van der Waals surface area (Å²) in [4.78, 5) is 8.99. The van der Waals surface area contributed by atoms with Gasteiger partial charge in [0.15, 0.2) is 11.6 Å². The summed E-state index contributed by atoms with van der Waals surface area (Å²) in [6.07, 6.45) is 6.38. The Kier molecular flexibility index (Phi) is 5.53. The first kappa shape index (κ1) is 21.1. The highest BCUT2D eigenvalue weighted by molar-refractivity contribution is 5.62. The summed E-state index contributed by atoms with van der Waals surface area (Å²) < 4.78 is 36.7. The van der Waals surface area contributed by atoms with Gasteiger partial charge in [-0.15, -0.1) is 5.10 Å². The second-order valence-corrected chi connectivity index (χ2v) is 8.17. The van der Waals surface area contributed by atoms with E-state index in [1.807, 2.05) is 40.6 Å². The number of aryl methyl sites for hydroxylation is 2. The molecule has 3 heterocycles. The molecular formula is C24H24F2N6O. The van der Waals surface area contributed by atoms with E-state index in [-0.39, 0.29) is 5.92 Å². The largest absolute Gasteiger partial charge is 0.494 e. The van der Waals surface area contributed by atoms with Crippen molar-refractivity contribution < 1.29 is 13.5 Å². The molecule has 0 saturated carbocycles. The number of fused-ring (bicyclic) bond motifs is 1. The predicted molar refractivity (Wildman–Crippen MR) is 120 cm³/mol. The smallest absolute Gasteiger partial charge is 0.246 e. The number of nitrogens with zero attached hydrogens (tertiary/aromatic N) is 5. The number of halogens is 2. The van der Waals surface area contributed by atoms with Crippen LogP contribution < -0.4 is 10.1 Å². The topological polar surface area (TPSA) is 69.8 Å². The van der Waals surface area contributed by atoms with Gasteiger partial charge in [-0.1, -0.05) is 12.5 Å². The highest BCUT2D eigenvalue weighted by Crippen LogP contribution is 2.34. The lowest BCUT2D eigenvalue weighted by atomic mass is 9.93. The molecule has 0 fully saturated rings. The maximum atomic E-state index is 13.9. The number of methoxy groups -OCH3 is 1. The zero-order valence-corrected chi connectivity index (χ0v) is 18.4. The minimum absolute atomic E-state index is 0.146. The number of benzene rings is 2. The molecule has 33 heavy (non-hydrogen) atoms. The minimum Gasteiger partial charge on any atom is -0.494 e. The first-order valence-electron chi connectivity index (χ1n) is 10.9. The number of nitrogens with one attached hydrogen (secondary N) is 1. The summed E-state index contributed by atoms with van der Waals surface area (Å²) in [6, 6.07) is 9.80. The fraction of sp³-hybridized carbons (Fsp3) is 0.292. The lowest BCUT2D eigenvalue weighted by Gasteiger charge is -2.14. The Hall–Kier alpha value is -3.75. The molecule has 0 amide bonds. The second kappa shape index (κ2) is 8.65. The SMILES string of the molecule is COc1cc(Nc2nc3n(n2)CCCC[C@H]3c2ccc(F)c(F)c2)ccc1-n1cnc(C)c1. The van der Waals surface area contributed by atoms with Gasteiger partial charge in [-0.25, -0.2) is 18.4 Å². The van der Waals surface area contributed by atoms with Crippen molar-refractivity contribution in [3.05, 3.63) is 77.6 Å². The van der Waals surface area contributed by atoms with Gasteiger partial charge >= 0.3 is 0 Å². The van der Waals surface area contributed by atoms with Crippen LogP contribution in [0.3, 0.4) is 0 Å². The second-order valence-electron chi connectivity index (χ2n) is 8.17. The first-order chi connectivity index (χ1) is 16.0. The van der Waals surface area contributed by atoms with E-state index < -0.39 is 11.6 Å². The van der Waals surface area contributed by atoms with Crippen LogP contribution in [0.4, 0.5) is 20.4 Å². The Morgan fingerprint density at radius 3 is 2.73 bits per heavy atom. The van der Waals surface area contributed by atoms with Gasteiger partial charge in [-0.2, -0.15) is 4.98 Å². The van der Waals surface area contributed by atoms with Gasteiger partial charge in [0.25, 0.3) is 0 Å². The molecule has 2 aromatic carbocycles. The van der Waals surface area contributed by atoms with Crippen LogP contribution in [-0.2, 0) is 6.54 Å². The quantitative estimate of drug-likeness (QED) is 0.457. The maximum Gasteiger partial charge on any atom is 0.246 e. The average molecular weight is 450 g/mol. The molecule has 1 aliphatic rings. The standard InChI is InChI=1S/C24H24F2N6O/c1-15-13-31(14-27-15)21-9-7-17(12-22(21)33-2)28-24-29-23-18(5-3-4-10-32(23)30-24)16-6-8-19(25)20(26)11-16/h6-9,11-14,18H,3-5,10H2,1-2H3,(H,28,30)/t18-/m0/s1. The van der Waals surface area contributed by atoms with Crippen molar-refractivity contribution in [1.29, 1.82) is 0 Å². The molecule has 5 rings (SSSR count). The van der Waals surface area contributed by atoms with Crippen LogP contribution in [0.25, 0.3) is 5.69 Å². The summed E-state index contributed by atoms with van der Waals surface area (Å²) in [6.45, 7) is 2.66. The molecule has 0 aliphatic carbocycles. The Balaban J connectivity index is 1.44. The number of rotatable bonds is 5. The van der Waals surface area contributed by atoms with Crippen LogP contribution in [-0.4, -0.2) is 31.4 Å². The Morgan fingerprint density at radius 1 is 1.09 bits per heavy atom. The third kappa shape index (κ3) is 4.18. The van der Waals surface area contributed by atoms with Crippen LogP contribution in [0.15, 0.2) is 48.9 Å². The van der Waals surface area contributed by atoms with E-state index in [1.54, 1.807) is 19.5 Å². The molecule has 7 nitrogen and oxygen atoms in total. The van der Waals surface area contributed by atoms with Gasteiger partial charge in [0, 0.05) is 30.4 Å². The lowest BCUT2D eigenvalue weighted by Crippen LogP contribution is -2.09. The Bertz CT molecular complexity index is 1300. The number of anilines is 2. The predicted octanol–water partition coefficient (Wildman–Crippen LogP) is 5.12. The Labute approximate surface area is 190 Å². The fourth-order valence-corrected chi connectivity index (χ4v) is 4.26. The van der Waals surface area contributed by atoms with Crippen molar-refractivity contribution in [3.8, 4) is 11.4 Å². The van der Waals surface area contributed by atoms with Crippen LogP contribution in [0.2, 0.25) is 0 Å². The van der Waals surface area contributed by atoms with Gasteiger partial charge in [-0.3, -0.25) is 0 Å².